The largest absolute Gasteiger partial charge is 0.573 e. The summed E-state index contributed by atoms with van der Waals surface area (Å²) >= 11 is 6.21. The third-order valence-electron chi connectivity index (χ3n) is 5.39. The second-order valence-electron chi connectivity index (χ2n) is 7.26. The number of nitrogens with zero attached hydrogens (tertiary/aromatic N) is 3. The van der Waals surface area contributed by atoms with Crippen molar-refractivity contribution in [1.29, 1.82) is 0 Å². The van der Waals surface area contributed by atoms with E-state index in [4.69, 9.17) is 11.6 Å². The van der Waals surface area contributed by atoms with E-state index in [1.54, 1.807) is 12.1 Å². The fourth-order valence-corrected chi connectivity index (χ4v) is 4.18. The van der Waals surface area contributed by atoms with Crippen LogP contribution in [0.25, 0.3) is 0 Å². The smallest absolute Gasteiger partial charge is 0.406 e. The maximum absolute atomic E-state index is 13.2. The van der Waals surface area contributed by atoms with Crippen molar-refractivity contribution >= 4 is 23.3 Å². The zero-order chi connectivity index (χ0) is 21.5. The van der Waals surface area contributed by atoms with Crippen LogP contribution in [0.4, 0.5) is 13.2 Å². The Kier molecular flexibility index (Phi) is 5.85. The van der Waals surface area contributed by atoms with E-state index >= 15 is 0 Å². The zero-order valence-electron chi connectivity index (χ0n) is 16.7. The first kappa shape index (κ1) is 21.5. The number of halogens is 4. The van der Waals surface area contributed by atoms with Gasteiger partial charge in [-0.05, 0) is 55.9 Å². The summed E-state index contributed by atoms with van der Waals surface area (Å²) in [4.78, 5) is 14.6. The van der Waals surface area contributed by atoms with Gasteiger partial charge in [-0.3, -0.25) is 14.7 Å². The van der Waals surface area contributed by atoms with Crippen LogP contribution in [0.1, 0.15) is 45.6 Å². The molecule has 0 saturated heterocycles. The summed E-state index contributed by atoms with van der Waals surface area (Å²) in [6.07, 6.45) is -2.17. The predicted molar refractivity (Wildman–Crippen MR) is 104 cm³/mol. The Labute approximate surface area is 172 Å². The second kappa shape index (κ2) is 7.89. The Morgan fingerprint density at radius 2 is 1.97 bits per heavy atom. The van der Waals surface area contributed by atoms with Crippen molar-refractivity contribution in [3.8, 4) is 5.75 Å². The van der Waals surface area contributed by atoms with Crippen LogP contribution in [0.5, 0.6) is 5.75 Å². The first-order chi connectivity index (χ1) is 13.6. The molecule has 29 heavy (non-hydrogen) atoms. The van der Waals surface area contributed by atoms with E-state index in [-0.39, 0.29) is 17.0 Å². The Morgan fingerprint density at radius 1 is 1.31 bits per heavy atom. The standard InChI is InChI=1S/C20H23ClF3N3O2/c1-5-12(6-2)15-9-11(3)27-17(15)19(28)26(4)18(25-27)14-8-7-13(10-16(14)21)29-20(22,23)24/h7-8,10-12H,5-6,9H2,1-4H3. The van der Waals surface area contributed by atoms with Crippen LogP contribution in [0.3, 0.4) is 0 Å². The van der Waals surface area contributed by atoms with Gasteiger partial charge < -0.3 is 4.74 Å². The summed E-state index contributed by atoms with van der Waals surface area (Å²) in [5.74, 6) is -0.00962. The third kappa shape index (κ3) is 4.08. The molecule has 0 saturated carbocycles. The van der Waals surface area contributed by atoms with Gasteiger partial charge in [0.15, 0.2) is 5.84 Å². The molecular weight excluding hydrogens is 407 g/mol. The molecule has 0 aromatic heterocycles. The number of ether oxygens (including phenoxy) is 1. The number of carbonyl (C=O) groups is 1. The lowest BCUT2D eigenvalue weighted by atomic mass is 9.90. The van der Waals surface area contributed by atoms with Gasteiger partial charge in [0, 0.05) is 12.6 Å². The van der Waals surface area contributed by atoms with Gasteiger partial charge in [-0.2, -0.15) is 5.10 Å². The average Bonchev–Trinajstić information content (AvgIpc) is 2.95. The molecule has 2 heterocycles. The molecule has 0 N–H and O–H groups in total. The van der Waals surface area contributed by atoms with Gasteiger partial charge in [0.1, 0.15) is 11.4 Å². The molecule has 158 valence electrons. The molecule has 5 nitrogen and oxygen atoms in total. The Balaban J connectivity index is 2.02. The minimum atomic E-state index is -4.81. The summed E-state index contributed by atoms with van der Waals surface area (Å²) in [5.41, 5.74) is 2.08. The quantitative estimate of drug-likeness (QED) is 0.649. The Hall–Kier alpha value is -2.22. The normalized spacial score (nSPS) is 19.8. The Bertz CT molecular complexity index is 878. The summed E-state index contributed by atoms with van der Waals surface area (Å²) in [6, 6.07) is 3.62. The van der Waals surface area contributed by atoms with Crippen LogP contribution in [-0.4, -0.2) is 41.1 Å². The number of fused-ring (bicyclic) bond motifs is 1. The monoisotopic (exact) mass is 429 g/mol. The molecule has 1 aromatic rings. The van der Waals surface area contributed by atoms with Crippen molar-refractivity contribution < 1.29 is 22.7 Å². The highest BCUT2D eigenvalue weighted by Crippen LogP contribution is 2.40. The lowest BCUT2D eigenvalue weighted by molar-refractivity contribution is -0.274. The number of carbonyl (C=O) groups excluding carboxylic acids is 1. The van der Waals surface area contributed by atoms with Crippen molar-refractivity contribution in [3.05, 3.63) is 40.1 Å². The van der Waals surface area contributed by atoms with E-state index in [1.165, 1.54) is 11.0 Å². The second-order valence-corrected chi connectivity index (χ2v) is 7.67. The minimum Gasteiger partial charge on any atom is -0.406 e. The molecule has 0 bridgehead atoms. The first-order valence-corrected chi connectivity index (χ1v) is 9.89. The van der Waals surface area contributed by atoms with Gasteiger partial charge in [0.25, 0.3) is 5.91 Å². The fraction of sp³-hybridized carbons (Fsp3) is 0.500. The summed E-state index contributed by atoms with van der Waals surface area (Å²) in [7, 11) is 1.59. The molecule has 2 aliphatic heterocycles. The molecule has 9 heteroatoms. The fourth-order valence-electron chi connectivity index (χ4n) is 3.93. The average molecular weight is 430 g/mol. The van der Waals surface area contributed by atoms with Crippen molar-refractivity contribution in [2.45, 2.75) is 52.4 Å². The van der Waals surface area contributed by atoms with Crippen LogP contribution < -0.4 is 4.74 Å². The molecule has 0 spiro atoms. The number of hydrogen-bond donors (Lipinski definition) is 0. The van der Waals surface area contributed by atoms with E-state index in [0.29, 0.717) is 23.0 Å². The molecule has 1 amide bonds. The molecule has 1 aromatic carbocycles. The van der Waals surface area contributed by atoms with Crippen LogP contribution in [0.15, 0.2) is 34.6 Å². The van der Waals surface area contributed by atoms with E-state index in [1.807, 2.05) is 6.92 Å². The number of rotatable bonds is 5. The number of hydrogen-bond acceptors (Lipinski definition) is 4. The number of alkyl halides is 3. The minimum absolute atomic E-state index is 0.0138. The highest BCUT2D eigenvalue weighted by Gasteiger charge is 2.41. The molecule has 1 atom stereocenters. The number of amidine groups is 1. The zero-order valence-corrected chi connectivity index (χ0v) is 17.4. The SMILES string of the molecule is CCC(CC)C1=C2C(=O)N(C)C(c3ccc(OC(F)(F)F)cc3Cl)=NN2C(C)C1. The van der Waals surface area contributed by atoms with Gasteiger partial charge in [-0.15, -0.1) is 13.2 Å². The highest BCUT2D eigenvalue weighted by atomic mass is 35.5. The molecule has 0 fully saturated rings. The van der Waals surface area contributed by atoms with Gasteiger partial charge in [0.2, 0.25) is 0 Å². The van der Waals surface area contributed by atoms with Crippen LogP contribution in [0, 0.1) is 5.92 Å². The van der Waals surface area contributed by atoms with E-state index in [9.17, 15) is 18.0 Å². The molecule has 3 rings (SSSR count). The highest BCUT2D eigenvalue weighted by molar-refractivity contribution is 6.35. The molecule has 0 aliphatic carbocycles. The van der Waals surface area contributed by atoms with Crippen LogP contribution >= 0.6 is 11.6 Å². The maximum Gasteiger partial charge on any atom is 0.573 e. The number of benzene rings is 1. The molecule has 0 radical (unpaired) electrons. The Morgan fingerprint density at radius 3 is 2.52 bits per heavy atom. The van der Waals surface area contributed by atoms with Crippen molar-refractivity contribution in [2.24, 2.45) is 11.0 Å². The number of amides is 1. The van der Waals surface area contributed by atoms with Gasteiger partial charge in [-0.1, -0.05) is 25.4 Å². The van der Waals surface area contributed by atoms with E-state index < -0.39 is 12.1 Å². The predicted octanol–water partition coefficient (Wildman–Crippen LogP) is 5.16. The summed E-state index contributed by atoms with van der Waals surface area (Å²) in [5, 5.41) is 6.38. The number of likely N-dealkylation sites (N-methyl/N-ethyl adjacent to an activating group) is 1. The van der Waals surface area contributed by atoms with Crippen molar-refractivity contribution in [3.63, 3.8) is 0 Å². The summed E-state index contributed by atoms with van der Waals surface area (Å²) in [6.45, 7) is 6.20. The van der Waals surface area contributed by atoms with Crippen molar-refractivity contribution in [2.75, 3.05) is 7.05 Å². The van der Waals surface area contributed by atoms with Crippen LogP contribution in [-0.2, 0) is 4.79 Å². The molecule has 1 unspecified atom stereocenters. The summed E-state index contributed by atoms with van der Waals surface area (Å²) < 4.78 is 41.2. The van der Waals surface area contributed by atoms with Gasteiger partial charge in [0.05, 0.1) is 11.1 Å². The van der Waals surface area contributed by atoms with E-state index in [0.717, 1.165) is 37.0 Å². The lowest BCUT2D eigenvalue weighted by Crippen LogP contribution is -2.45. The lowest BCUT2D eigenvalue weighted by Gasteiger charge is -2.33. The first-order valence-electron chi connectivity index (χ1n) is 9.51. The topological polar surface area (TPSA) is 45.1 Å². The van der Waals surface area contributed by atoms with E-state index in [2.05, 4.69) is 23.7 Å². The van der Waals surface area contributed by atoms with Crippen molar-refractivity contribution in [1.82, 2.24) is 9.91 Å². The van der Waals surface area contributed by atoms with Crippen LogP contribution in [0.2, 0.25) is 5.02 Å². The molecule has 2 aliphatic rings. The molecular formula is C20H23ClF3N3O2. The third-order valence-corrected chi connectivity index (χ3v) is 5.70. The number of hydrazone groups is 1. The van der Waals surface area contributed by atoms with Gasteiger partial charge >= 0.3 is 6.36 Å². The van der Waals surface area contributed by atoms with Gasteiger partial charge in [-0.25, -0.2) is 0 Å². The maximum atomic E-state index is 13.2.